The van der Waals surface area contributed by atoms with E-state index in [-0.39, 0.29) is 0 Å². The van der Waals surface area contributed by atoms with Crippen molar-refractivity contribution >= 4 is 0 Å². The molecule has 0 fully saturated rings. The van der Waals surface area contributed by atoms with E-state index >= 15 is 0 Å². The lowest BCUT2D eigenvalue weighted by molar-refractivity contribution is 1.04. The van der Waals surface area contributed by atoms with Crippen LogP contribution >= 0.6 is 0 Å². The van der Waals surface area contributed by atoms with E-state index in [4.69, 9.17) is 0 Å². The first-order chi connectivity index (χ1) is 8.93. The minimum Gasteiger partial charge on any atom is -0.265 e. The molecule has 0 amide bonds. The van der Waals surface area contributed by atoms with Gasteiger partial charge in [0.2, 0.25) is 0 Å². The molecule has 3 heterocycles. The number of pyridine rings is 2. The third kappa shape index (κ3) is 2.08. The van der Waals surface area contributed by atoms with E-state index in [9.17, 15) is 0 Å². The summed E-state index contributed by atoms with van der Waals surface area (Å²) in [5, 5.41) is 8.45. The van der Waals surface area contributed by atoms with Crippen LogP contribution in [0.2, 0.25) is 0 Å². The van der Waals surface area contributed by atoms with Crippen molar-refractivity contribution in [2.45, 2.75) is 0 Å². The first-order valence-electron chi connectivity index (χ1n) is 5.58. The Morgan fingerprint density at radius 1 is 0.500 bits per heavy atom. The second-order valence-electron chi connectivity index (χ2n) is 3.78. The van der Waals surface area contributed by atoms with Crippen molar-refractivity contribution < 1.29 is 0 Å². The molecule has 18 heavy (non-hydrogen) atoms. The summed E-state index contributed by atoms with van der Waals surface area (Å²) >= 11 is 0. The molecule has 3 rings (SSSR count). The van der Waals surface area contributed by atoms with Gasteiger partial charge in [0.1, 0.15) is 0 Å². The van der Waals surface area contributed by atoms with Crippen molar-refractivity contribution in [2.75, 3.05) is 0 Å². The highest BCUT2D eigenvalue weighted by Crippen LogP contribution is 2.19. The van der Waals surface area contributed by atoms with Gasteiger partial charge in [0.25, 0.3) is 0 Å². The van der Waals surface area contributed by atoms with Crippen LogP contribution in [0.15, 0.2) is 61.2 Å². The van der Waals surface area contributed by atoms with Crippen molar-refractivity contribution in [1.29, 1.82) is 0 Å². The van der Waals surface area contributed by atoms with Crippen LogP contribution in [0, 0.1) is 0 Å². The van der Waals surface area contributed by atoms with Crippen molar-refractivity contribution in [2.24, 2.45) is 0 Å². The Hall–Kier alpha value is -2.62. The minimum atomic E-state index is 0.843. The van der Waals surface area contributed by atoms with Gasteiger partial charge in [0.05, 0.1) is 11.4 Å². The second-order valence-corrected chi connectivity index (χ2v) is 3.78. The Morgan fingerprint density at radius 3 is 1.22 bits per heavy atom. The Kier molecular flexibility index (Phi) is 2.75. The molecule has 0 unspecified atom stereocenters. The van der Waals surface area contributed by atoms with Crippen LogP contribution in [0.25, 0.3) is 22.5 Å². The standard InChI is InChI=1S/C14H10N4/c1-2-14(12-5-9-16-10-6-12)18-17-13(1)11-3-7-15-8-4-11/h1-10H. The molecule has 0 atom stereocenters. The maximum Gasteiger partial charge on any atom is 0.0931 e. The van der Waals surface area contributed by atoms with Gasteiger partial charge in [-0.25, -0.2) is 0 Å². The maximum absolute atomic E-state index is 4.23. The summed E-state index contributed by atoms with van der Waals surface area (Å²) in [6.45, 7) is 0. The van der Waals surface area contributed by atoms with E-state index in [1.165, 1.54) is 0 Å². The molecule has 0 aromatic carbocycles. The van der Waals surface area contributed by atoms with Gasteiger partial charge in [-0.05, 0) is 36.4 Å². The molecule has 3 aromatic heterocycles. The molecule has 0 saturated heterocycles. The van der Waals surface area contributed by atoms with Crippen molar-refractivity contribution in [3.05, 3.63) is 61.2 Å². The van der Waals surface area contributed by atoms with Crippen molar-refractivity contribution in [3.8, 4) is 22.5 Å². The normalized spacial score (nSPS) is 10.2. The fourth-order valence-electron chi connectivity index (χ4n) is 1.69. The van der Waals surface area contributed by atoms with Gasteiger partial charge < -0.3 is 0 Å². The first-order valence-corrected chi connectivity index (χ1v) is 5.58. The molecule has 0 aliphatic rings. The number of aromatic nitrogens is 4. The molecule has 3 aromatic rings. The molecule has 0 aliphatic carbocycles. The van der Waals surface area contributed by atoms with Gasteiger partial charge in [0.15, 0.2) is 0 Å². The molecule has 0 radical (unpaired) electrons. The highest BCUT2D eigenvalue weighted by molar-refractivity contribution is 5.62. The van der Waals surface area contributed by atoms with Crippen LogP contribution in [0.3, 0.4) is 0 Å². The smallest absolute Gasteiger partial charge is 0.0931 e. The summed E-state index contributed by atoms with van der Waals surface area (Å²) in [5.41, 5.74) is 3.71. The molecule has 86 valence electrons. The lowest BCUT2D eigenvalue weighted by Gasteiger charge is -2.01. The molecule has 0 aliphatic heterocycles. The van der Waals surface area contributed by atoms with Crippen LogP contribution in [0.1, 0.15) is 0 Å². The molecule has 0 spiro atoms. The van der Waals surface area contributed by atoms with E-state index in [0.717, 1.165) is 22.5 Å². The third-order valence-electron chi connectivity index (χ3n) is 2.62. The van der Waals surface area contributed by atoms with Crippen LogP contribution in [0.4, 0.5) is 0 Å². The molecule has 0 saturated carbocycles. The molecule has 0 bridgehead atoms. The fraction of sp³-hybridized carbons (Fsp3) is 0. The van der Waals surface area contributed by atoms with Crippen molar-refractivity contribution in [1.82, 2.24) is 20.2 Å². The summed E-state index contributed by atoms with van der Waals surface area (Å²) in [7, 11) is 0. The Morgan fingerprint density at radius 2 is 0.889 bits per heavy atom. The second kappa shape index (κ2) is 4.71. The van der Waals surface area contributed by atoms with Gasteiger partial charge in [-0.15, -0.1) is 10.2 Å². The van der Waals surface area contributed by atoms with E-state index in [2.05, 4.69) is 20.2 Å². The SMILES string of the molecule is c1cc(-c2ccc(-c3ccncc3)nn2)ccn1. The van der Waals surface area contributed by atoms with E-state index in [1.807, 2.05) is 36.4 Å². The average molecular weight is 234 g/mol. The summed E-state index contributed by atoms with van der Waals surface area (Å²) in [4.78, 5) is 7.96. The van der Waals surface area contributed by atoms with Crippen LogP contribution in [0.5, 0.6) is 0 Å². The zero-order chi connectivity index (χ0) is 12.2. The largest absolute Gasteiger partial charge is 0.265 e. The minimum absolute atomic E-state index is 0.843. The van der Waals surface area contributed by atoms with Crippen LogP contribution in [-0.2, 0) is 0 Å². The maximum atomic E-state index is 4.23. The predicted octanol–water partition coefficient (Wildman–Crippen LogP) is 2.60. The lowest BCUT2D eigenvalue weighted by Crippen LogP contribution is -1.90. The van der Waals surface area contributed by atoms with E-state index < -0.39 is 0 Å². The number of nitrogens with zero attached hydrogens (tertiary/aromatic N) is 4. The summed E-state index contributed by atoms with van der Waals surface area (Å²) in [6, 6.07) is 11.6. The zero-order valence-corrected chi connectivity index (χ0v) is 9.56. The topological polar surface area (TPSA) is 51.6 Å². The Bertz CT molecular complexity index is 562. The fourth-order valence-corrected chi connectivity index (χ4v) is 1.69. The van der Waals surface area contributed by atoms with Crippen LogP contribution < -0.4 is 0 Å². The molecule has 4 heteroatoms. The quantitative estimate of drug-likeness (QED) is 0.684. The molecular weight excluding hydrogens is 224 g/mol. The summed E-state index contributed by atoms with van der Waals surface area (Å²) in [5.74, 6) is 0. The zero-order valence-electron chi connectivity index (χ0n) is 9.56. The van der Waals surface area contributed by atoms with E-state index in [1.54, 1.807) is 24.8 Å². The lowest BCUT2D eigenvalue weighted by atomic mass is 10.1. The Labute approximate surface area is 104 Å². The van der Waals surface area contributed by atoms with Gasteiger partial charge in [-0.2, -0.15) is 0 Å². The van der Waals surface area contributed by atoms with Crippen LogP contribution in [-0.4, -0.2) is 20.2 Å². The van der Waals surface area contributed by atoms with Crippen molar-refractivity contribution in [3.63, 3.8) is 0 Å². The van der Waals surface area contributed by atoms with Gasteiger partial charge in [-0.3, -0.25) is 9.97 Å². The number of rotatable bonds is 2. The van der Waals surface area contributed by atoms with Gasteiger partial charge in [0, 0.05) is 35.9 Å². The monoisotopic (exact) mass is 234 g/mol. The number of hydrogen-bond acceptors (Lipinski definition) is 4. The third-order valence-corrected chi connectivity index (χ3v) is 2.62. The van der Waals surface area contributed by atoms with Gasteiger partial charge >= 0.3 is 0 Å². The van der Waals surface area contributed by atoms with Gasteiger partial charge in [-0.1, -0.05) is 0 Å². The predicted molar refractivity (Wildman–Crippen MR) is 68.5 cm³/mol. The molecule has 4 nitrogen and oxygen atoms in total. The highest BCUT2D eigenvalue weighted by Gasteiger charge is 2.02. The Balaban J connectivity index is 1.95. The highest BCUT2D eigenvalue weighted by atomic mass is 15.1. The average Bonchev–Trinajstić information content (AvgIpc) is 2.49. The molecule has 0 N–H and O–H groups in total. The van der Waals surface area contributed by atoms with E-state index in [0.29, 0.717) is 0 Å². The summed E-state index contributed by atoms with van der Waals surface area (Å²) < 4.78 is 0. The first kappa shape index (κ1) is 10.5. The number of hydrogen-bond donors (Lipinski definition) is 0. The summed E-state index contributed by atoms with van der Waals surface area (Å²) in [6.07, 6.45) is 6.98. The molecular formula is C14H10N4.